The van der Waals surface area contributed by atoms with Crippen LogP contribution in [0.5, 0.6) is 5.75 Å². The SMILES string of the molecule is COc1ccc(C(O)CNC(=O)C(C)Cc2cccs2)cc1. The van der Waals surface area contributed by atoms with E-state index in [1.165, 1.54) is 4.88 Å². The van der Waals surface area contributed by atoms with Crippen molar-refractivity contribution in [3.8, 4) is 5.75 Å². The van der Waals surface area contributed by atoms with Gasteiger partial charge >= 0.3 is 0 Å². The maximum absolute atomic E-state index is 12.1. The predicted octanol–water partition coefficient (Wildman–Crippen LogP) is 2.79. The second kappa shape index (κ2) is 7.96. The van der Waals surface area contributed by atoms with E-state index in [9.17, 15) is 9.90 Å². The first-order valence-electron chi connectivity index (χ1n) is 7.22. The van der Waals surface area contributed by atoms with Crippen LogP contribution in [0.25, 0.3) is 0 Å². The highest BCUT2D eigenvalue weighted by molar-refractivity contribution is 7.09. The maximum atomic E-state index is 12.1. The first kappa shape index (κ1) is 16.5. The van der Waals surface area contributed by atoms with Gasteiger partial charge in [-0.05, 0) is 35.6 Å². The summed E-state index contributed by atoms with van der Waals surface area (Å²) in [6, 6.07) is 11.2. The van der Waals surface area contributed by atoms with Crippen molar-refractivity contribution in [3.63, 3.8) is 0 Å². The van der Waals surface area contributed by atoms with Gasteiger partial charge in [-0.1, -0.05) is 25.1 Å². The van der Waals surface area contributed by atoms with Crippen LogP contribution in [0.3, 0.4) is 0 Å². The Labute approximate surface area is 134 Å². The number of aliphatic hydroxyl groups is 1. The summed E-state index contributed by atoms with van der Waals surface area (Å²) >= 11 is 1.65. The van der Waals surface area contributed by atoms with Gasteiger partial charge in [-0.15, -0.1) is 11.3 Å². The maximum Gasteiger partial charge on any atom is 0.223 e. The second-order valence-corrected chi connectivity index (χ2v) is 6.25. The van der Waals surface area contributed by atoms with Crippen LogP contribution < -0.4 is 10.1 Å². The highest BCUT2D eigenvalue weighted by Gasteiger charge is 2.16. The average Bonchev–Trinajstić information content (AvgIpc) is 3.05. The molecule has 2 rings (SSSR count). The fraction of sp³-hybridized carbons (Fsp3) is 0.353. The number of carbonyl (C=O) groups is 1. The summed E-state index contributed by atoms with van der Waals surface area (Å²) in [6.07, 6.45) is 0.00563. The first-order valence-corrected chi connectivity index (χ1v) is 8.10. The van der Waals surface area contributed by atoms with Crippen LogP contribution in [0.4, 0.5) is 0 Å². The van der Waals surface area contributed by atoms with Gasteiger partial charge in [0.05, 0.1) is 13.2 Å². The van der Waals surface area contributed by atoms with Crippen molar-refractivity contribution in [2.45, 2.75) is 19.4 Å². The summed E-state index contributed by atoms with van der Waals surface area (Å²) in [6.45, 7) is 2.11. The highest BCUT2D eigenvalue weighted by atomic mass is 32.1. The minimum absolute atomic E-state index is 0.0408. The normalized spacial score (nSPS) is 13.4. The van der Waals surface area contributed by atoms with E-state index in [-0.39, 0.29) is 18.4 Å². The van der Waals surface area contributed by atoms with Crippen molar-refractivity contribution in [2.24, 2.45) is 5.92 Å². The Morgan fingerprint density at radius 1 is 1.32 bits per heavy atom. The molecule has 2 unspecified atom stereocenters. The molecule has 0 aliphatic rings. The molecule has 1 heterocycles. The van der Waals surface area contributed by atoms with Crippen molar-refractivity contribution in [1.82, 2.24) is 5.32 Å². The van der Waals surface area contributed by atoms with E-state index in [1.807, 2.05) is 24.4 Å². The van der Waals surface area contributed by atoms with Gasteiger partial charge in [-0.2, -0.15) is 0 Å². The molecule has 2 atom stereocenters. The zero-order chi connectivity index (χ0) is 15.9. The van der Waals surface area contributed by atoms with E-state index < -0.39 is 6.10 Å². The summed E-state index contributed by atoms with van der Waals surface area (Å²) in [5.74, 6) is 0.590. The molecule has 0 aliphatic heterocycles. The molecule has 0 bridgehead atoms. The van der Waals surface area contributed by atoms with Gasteiger partial charge in [0.1, 0.15) is 5.75 Å². The van der Waals surface area contributed by atoms with E-state index in [4.69, 9.17) is 4.74 Å². The summed E-state index contributed by atoms with van der Waals surface area (Å²) in [4.78, 5) is 13.3. The van der Waals surface area contributed by atoms with Crippen molar-refractivity contribution < 1.29 is 14.6 Å². The quantitative estimate of drug-likeness (QED) is 0.825. The first-order chi connectivity index (χ1) is 10.6. The van der Waals surface area contributed by atoms with Crippen molar-refractivity contribution in [2.75, 3.05) is 13.7 Å². The van der Waals surface area contributed by atoms with Crippen LogP contribution in [0, 0.1) is 5.92 Å². The van der Waals surface area contributed by atoms with E-state index in [2.05, 4.69) is 5.32 Å². The average molecular weight is 319 g/mol. The third-order valence-corrected chi connectivity index (χ3v) is 4.40. The number of hydrogen-bond acceptors (Lipinski definition) is 4. The molecule has 0 saturated heterocycles. The zero-order valence-electron chi connectivity index (χ0n) is 12.8. The molecule has 22 heavy (non-hydrogen) atoms. The monoisotopic (exact) mass is 319 g/mol. The molecule has 2 N–H and O–H groups in total. The highest BCUT2D eigenvalue weighted by Crippen LogP contribution is 2.18. The third-order valence-electron chi connectivity index (χ3n) is 3.51. The Morgan fingerprint density at radius 3 is 2.64 bits per heavy atom. The number of ether oxygens (including phenoxy) is 1. The number of amides is 1. The molecule has 0 fully saturated rings. The lowest BCUT2D eigenvalue weighted by Crippen LogP contribution is -2.33. The number of rotatable bonds is 7. The van der Waals surface area contributed by atoms with Gasteiger partial charge in [0, 0.05) is 17.3 Å². The molecule has 1 amide bonds. The minimum atomic E-state index is -0.719. The molecular weight excluding hydrogens is 298 g/mol. The Bertz CT molecular complexity index is 580. The smallest absolute Gasteiger partial charge is 0.223 e. The zero-order valence-corrected chi connectivity index (χ0v) is 13.6. The summed E-state index contributed by atoms with van der Waals surface area (Å²) in [5.41, 5.74) is 0.756. The lowest BCUT2D eigenvalue weighted by atomic mass is 10.1. The van der Waals surface area contributed by atoms with Gasteiger partial charge in [-0.25, -0.2) is 0 Å². The molecule has 0 aliphatic carbocycles. The van der Waals surface area contributed by atoms with E-state index in [0.717, 1.165) is 17.7 Å². The van der Waals surface area contributed by atoms with Crippen LogP contribution in [-0.4, -0.2) is 24.7 Å². The van der Waals surface area contributed by atoms with Crippen molar-refractivity contribution >= 4 is 17.2 Å². The number of thiophene rings is 1. The Hall–Kier alpha value is -1.85. The van der Waals surface area contributed by atoms with E-state index in [0.29, 0.717) is 0 Å². The fourth-order valence-corrected chi connectivity index (χ4v) is 2.97. The van der Waals surface area contributed by atoms with Crippen LogP contribution in [0.15, 0.2) is 41.8 Å². The number of hydrogen-bond donors (Lipinski definition) is 2. The van der Waals surface area contributed by atoms with E-state index in [1.54, 1.807) is 42.7 Å². The van der Waals surface area contributed by atoms with Crippen LogP contribution >= 0.6 is 11.3 Å². The van der Waals surface area contributed by atoms with Crippen LogP contribution in [0.1, 0.15) is 23.5 Å². The summed E-state index contributed by atoms with van der Waals surface area (Å²) in [5, 5.41) is 14.9. The molecule has 1 aromatic carbocycles. The number of benzene rings is 1. The van der Waals surface area contributed by atoms with Crippen molar-refractivity contribution in [1.29, 1.82) is 0 Å². The molecule has 0 saturated carbocycles. The molecule has 1 aromatic heterocycles. The topological polar surface area (TPSA) is 58.6 Å². The molecule has 4 nitrogen and oxygen atoms in total. The Balaban J connectivity index is 1.81. The largest absolute Gasteiger partial charge is 0.497 e. The molecular formula is C17H21NO3S. The molecule has 118 valence electrons. The molecule has 2 aromatic rings. The third kappa shape index (κ3) is 4.58. The van der Waals surface area contributed by atoms with Gasteiger partial charge in [0.25, 0.3) is 0 Å². The lowest BCUT2D eigenvalue weighted by Gasteiger charge is -2.15. The van der Waals surface area contributed by atoms with E-state index >= 15 is 0 Å². The Morgan fingerprint density at radius 2 is 2.05 bits per heavy atom. The van der Waals surface area contributed by atoms with Crippen LogP contribution in [-0.2, 0) is 11.2 Å². The lowest BCUT2D eigenvalue weighted by molar-refractivity contribution is -0.124. The second-order valence-electron chi connectivity index (χ2n) is 5.22. The van der Waals surface area contributed by atoms with Gasteiger partial charge in [0.15, 0.2) is 0 Å². The molecule has 0 spiro atoms. The molecule has 0 radical (unpaired) electrons. The van der Waals surface area contributed by atoms with Gasteiger partial charge in [-0.3, -0.25) is 4.79 Å². The fourth-order valence-electron chi connectivity index (χ4n) is 2.14. The van der Waals surface area contributed by atoms with Gasteiger partial charge in [0.2, 0.25) is 5.91 Å². The number of nitrogens with one attached hydrogen (secondary N) is 1. The summed E-state index contributed by atoms with van der Waals surface area (Å²) in [7, 11) is 1.60. The predicted molar refractivity (Wildman–Crippen MR) is 88.2 cm³/mol. The van der Waals surface area contributed by atoms with Crippen molar-refractivity contribution in [3.05, 3.63) is 52.2 Å². The minimum Gasteiger partial charge on any atom is -0.497 e. The number of carbonyl (C=O) groups excluding carboxylic acids is 1. The molecule has 5 heteroatoms. The Kier molecular flexibility index (Phi) is 5.98. The standard InChI is InChI=1S/C17H21NO3S/c1-12(10-15-4-3-9-22-15)17(20)18-11-16(19)13-5-7-14(21-2)8-6-13/h3-9,12,16,19H,10-11H2,1-2H3,(H,18,20). The summed E-state index contributed by atoms with van der Waals surface area (Å²) < 4.78 is 5.08. The van der Waals surface area contributed by atoms with Crippen LogP contribution in [0.2, 0.25) is 0 Å². The van der Waals surface area contributed by atoms with Gasteiger partial charge < -0.3 is 15.2 Å². The number of methoxy groups -OCH3 is 1. The number of aliphatic hydroxyl groups excluding tert-OH is 1.